The number of urea groups is 1. The average Bonchev–Trinajstić information content (AvgIpc) is 3.81. The van der Waals surface area contributed by atoms with Crippen molar-refractivity contribution in [3.8, 4) is 0 Å². The summed E-state index contributed by atoms with van der Waals surface area (Å²) in [7, 11) is 1.89. The number of nitrogens with one attached hydrogen (secondary N) is 3. The molecule has 4 fully saturated rings. The van der Waals surface area contributed by atoms with Crippen molar-refractivity contribution in [2.45, 2.75) is 90.6 Å². The van der Waals surface area contributed by atoms with E-state index in [1.54, 1.807) is 47.9 Å². The Morgan fingerprint density at radius 1 is 0.862 bits per heavy atom. The smallest absolute Gasteiger partial charge is 0.329 e. The number of hydrogen-bond acceptors (Lipinski definition) is 9. The lowest BCUT2D eigenvalue weighted by Crippen LogP contribution is -2.64. The number of ether oxygens (including phenoxy) is 1. The van der Waals surface area contributed by atoms with E-state index in [4.69, 9.17) is 22.1 Å². The third-order valence-corrected chi connectivity index (χ3v) is 10.5. The van der Waals surface area contributed by atoms with Crippen LogP contribution in [0.4, 0.5) is 10.5 Å². The van der Waals surface area contributed by atoms with Crippen molar-refractivity contribution < 1.29 is 38.3 Å². The Hall–Kier alpha value is -5.22. The fourth-order valence-electron chi connectivity index (χ4n) is 7.45. The van der Waals surface area contributed by atoms with Gasteiger partial charge in [-0.3, -0.25) is 24.0 Å². The van der Waals surface area contributed by atoms with Gasteiger partial charge >= 0.3 is 12.0 Å². The molecule has 0 radical (unpaired) electrons. The zero-order valence-corrected chi connectivity index (χ0v) is 34.9. The van der Waals surface area contributed by atoms with Crippen LogP contribution in [0.1, 0.15) is 57.6 Å². The Bertz CT molecular complexity index is 1810. The fraction of sp³-hybridized carbons (Fsp3) is 0.537. The lowest BCUT2D eigenvalue weighted by Gasteiger charge is -2.41. The maximum absolute atomic E-state index is 13.6. The molecule has 4 aliphatic heterocycles. The Morgan fingerprint density at radius 3 is 2.19 bits per heavy atom. The van der Waals surface area contributed by atoms with Crippen molar-refractivity contribution in [1.29, 1.82) is 0 Å². The van der Waals surface area contributed by atoms with Crippen molar-refractivity contribution in [2.75, 3.05) is 51.6 Å². The molecule has 58 heavy (non-hydrogen) atoms. The number of carbonyl (C=O) groups is 7. The number of fused-ring (bicyclic) bond motifs is 3. The van der Waals surface area contributed by atoms with Crippen LogP contribution in [0.2, 0.25) is 5.02 Å². The van der Waals surface area contributed by atoms with Crippen molar-refractivity contribution >= 4 is 58.8 Å². The second-order valence-electron chi connectivity index (χ2n) is 15.5. The molecule has 316 valence electrons. The van der Waals surface area contributed by atoms with Gasteiger partial charge < -0.3 is 46.0 Å². The number of hydrogen-bond donors (Lipinski definition) is 4. The van der Waals surface area contributed by atoms with Crippen molar-refractivity contribution in [2.24, 2.45) is 11.7 Å². The van der Waals surface area contributed by atoms with E-state index in [0.717, 1.165) is 0 Å². The number of aryl methyl sites for hydroxylation is 2. The lowest BCUT2D eigenvalue weighted by atomic mass is 10.1. The van der Waals surface area contributed by atoms with Crippen LogP contribution in [0.5, 0.6) is 0 Å². The molecular formula is C41H57ClN8O8. The third-order valence-electron chi connectivity index (χ3n) is 10.3. The van der Waals surface area contributed by atoms with Crippen LogP contribution in [-0.2, 0) is 33.5 Å². The quantitative estimate of drug-likeness (QED) is 0.336. The molecule has 4 saturated heterocycles. The molecule has 0 saturated carbocycles. The molecule has 6 rings (SSSR count). The van der Waals surface area contributed by atoms with Gasteiger partial charge in [0.25, 0.3) is 0 Å². The maximum atomic E-state index is 13.6. The van der Waals surface area contributed by atoms with Gasteiger partial charge in [-0.1, -0.05) is 60.0 Å². The molecule has 0 aromatic heterocycles. The molecule has 0 spiro atoms. The van der Waals surface area contributed by atoms with Crippen LogP contribution in [0.15, 0.2) is 48.5 Å². The number of esters is 1. The first-order valence-electron chi connectivity index (χ1n) is 19.6. The van der Waals surface area contributed by atoms with Gasteiger partial charge in [0.05, 0.1) is 13.0 Å². The van der Waals surface area contributed by atoms with Crippen LogP contribution < -0.4 is 21.7 Å². The minimum Gasteiger partial charge on any atom is -0.461 e. The van der Waals surface area contributed by atoms with E-state index in [1.165, 1.54) is 16.0 Å². The Kier molecular flexibility index (Phi) is 16.5. The van der Waals surface area contributed by atoms with Gasteiger partial charge in [0.1, 0.15) is 30.3 Å². The molecule has 0 bridgehead atoms. The number of piperazine rings is 1. The Labute approximate surface area is 345 Å². The summed E-state index contributed by atoms with van der Waals surface area (Å²) in [5.74, 6) is -2.29. The van der Waals surface area contributed by atoms with Gasteiger partial charge in [-0.2, -0.15) is 0 Å². The number of amides is 7. The highest BCUT2D eigenvalue weighted by Crippen LogP contribution is 2.27. The summed E-state index contributed by atoms with van der Waals surface area (Å²) in [5.41, 5.74) is 8.08. The Balaban J connectivity index is 0.000000264. The highest BCUT2D eigenvalue weighted by molar-refractivity contribution is 6.30. The van der Waals surface area contributed by atoms with E-state index in [9.17, 15) is 33.6 Å². The van der Waals surface area contributed by atoms with Crippen LogP contribution in [-0.4, -0.2) is 138 Å². The number of primary amides is 1. The molecule has 6 atom stereocenters. The molecule has 5 N–H and O–H groups in total. The first-order chi connectivity index (χ1) is 27.4. The average molecular weight is 825 g/mol. The predicted octanol–water partition coefficient (Wildman–Crippen LogP) is 2.45. The molecule has 2 aromatic rings. The van der Waals surface area contributed by atoms with E-state index in [-0.39, 0.29) is 36.6 Å². The largest absolute Gasteiger partial charge is 0.461 e. The lowest BCUT2D eigenvalue weighted by molar-refractivity contribution is -0.160. The van der Waals surface area contributed by atoms with Gasteiger partial charge in [-0.15, -0.1) is 0 Å². The fourth-order valence-corrected chi connectivity index (χ4v) is 7.64. The number of likely N-dealkylation sites (N-methyl/N-ethyl adjacent to an activating group) is 1. The standard InChI is InChI=1S/C24H37N5O6.C9H10ClN3O2.C8H10/c1-14-10-18-24(34)35-15(2)11-20(30)27-7-5-6-17(27)23(33)28-9-8-26(4)13-19(28)21(31)25-16(3)22(32)29(18)12-14;10-6-2-1-3-7(4-6)13-9(15)12-5-8(11)14;1-7-4-3-5-8(2)6-7/h14-19H,5-13H2,1-4H3,(H,25,31);1-4H,5H2,(H2,11,14)(H2,12,13,15);3-6H,1-2H3/t14-,15?,16?,17?,18?,19?;;/m1../s1. The van der Waals surface area contributed by atoms with Gasteiger partial charge in [-0.25, -0.2) is 9.59 Å². The van der Waals surface area contributed by atoms with E-state index in [0.29, 0.717) is 62.7 Å². The van der Waals surface area contributed by atoms with E-state index < -0.39 is 54.1 Å². The number of cyclic esters (lactones) is 1. The number of benzene rings is 2. The molecule has 0 aliphatic carbocycles. The summed E-state index contributed by atoms with van der Waals surface area (Å²) in [6, 6.07) is 11.6. The number of halogens is 1. The topological polar surface area (TPSA) is 204 Å². The van der Waals surface area contributed by atoms with Crippen LogP contribution >= 0.6 is 11.6 Å². The SMILES string of the molecule is CC1CC(=O)N2CCCC2C(=O)N2CCN(C)CC2C(=O)NC(C)C(=O)N2C[C@H](C)CC2C(=O)O1.Cc1cccc(C)c1.NC(=O)CNC(=O)Nc1cccc(Cl)c1. The number of carbonyl (C=O) groups excluding carboxylic acids is 7. The minimum atomic E-state index is -0.859. The second kappa shape index (κ2) is 21.0. The normalized spacial score (nSPS) is 25.4. The van der Waals surface area contributed by atoms with E-state index >= 15 is 0 Å². The summed E-state index contributed by atoms with van der Waals surface area (Å²) >= 11 is 5.71. The van der Waals surface area contributed by atoms with Crippen LogP contribution in [0.3, 0.4) is 0 Å². The highest BCUT2D eigenvalue weighted by atomic mass is 35.5. The van der Waals surface area contributed by atoms with Crippen molar-refractivity contribution in [3.63, 3.8) is 0 Å². The number of rotatable bonds is 3. The summed E-state index contributed by atoms with van der Waals surface area (Å²) in [6.45, 7) is 11.4. The minimum absolute atomic E-state index is 0.0329. The van der Waals surface area contributed by atoms with Crippen LogP contribution in [0.25, 0.3) is 0 Å². The van der Waals surface area contributed by atoms with Gasteiger partial charge in [-0.05, 0) is 78.1 Å². The van der Waals surface area contributed by atoms with E-state index in [1.807, 2.05) is 18.9 Å². The molecular weight excluding hydrogens is 768 g/mol. The monoisotopic (exact) mass is 824 g/mol. The zero-order chi connectivity index (χ0) is 42.7. The molecule has 5 unspecified atom stereocenters. The molecule has 7 amide bonds. The maximum Gasteiger partial charge on any atom is 0.329 e. The predicted molar refractivity (Wildman–Crippen MR) is 218 cm³/mol. The molecule has 17 heteroatoms. The van der Waals surface area contributed by atoms with Crippen molar-refractivity contribution in [1.82, 2.24) is 30.2 Å². The van der Waals surface area contributed by atoms with E-state index in [2.05, 4.69) is 54.1 Å². The summed E-state index contributed by atoms with van der Waals surface area (Å²) in [4.78, 5) is 94.4. The summed E-state index contributed by atoms with van der Waals surface area (Å²) in [6.07, 6.45) is 0.982. The first-order valence-corrected chi connectivity index (χ1v) is 20.0. The Morgan fingerprint density at radius 2 is 1.55 bits per heavy atom. The second-order valence-corrected chi connectivity index (χ2v) is 16.0. The molecule has 2 aromatic carbocycles. The number of nitrogens with zero attached hydrogens (tertiary/aromatic N) is 4. The zero-order valence-electron chi connectivity index (χ0n) is 34.2. The summed E-state index contributed by atoms with van der Waals surface area (Å²) < 4.78 is 5.59. The van der Waals surface area contributed by atoms with Gasteiger partial charge in [0, 0.05) is 43.4 Å². The molecule has 4 aliphatic rings. The van der Waals surface area contributed by atoms with Gasteiger partial charge in [0.15, 0.2) is 0 Å². The number of anilines is 1. The third kappa shape index (κ3) is 12.9. The number of nitrogens with two attached hydrogens (primary N) is 1. The van der Waals surface area contributed by atoms with Crippen molar-refractivity contribution in [3.05, 3.63) is 64.7 Å². The van der Waals surface area contributed by atoms with Crippen LogP contribution in [0, 0.1) is 19.8 Å². The van der Waals surface area contributed by atoms with Gasteiger partial charge in [0.2, 0.25) is 29.5 Å². The molecule has 4 heterocycles. The highest BCUT2D eigenvalue weighted by Gasteiger charge is 2.45. The molecule has 16 nitrogen and oxygen atoms in total. The summed E-state index contributed by atoms with van der Waals surface area (Å²) in [5, 5.41) is 8.08. The first kappa shape index (κ1) is 45.5.